The number of nitrogens with one attached hydrogen (secondary N) is 2. The van der Waals surface area contributed by atoms with E-state index >= 15 is 0 Å². The molecule has 2 N–H and O–H groups in total. The Bertz CT molecular complexity index is 1100. The number of thiophene rings is 1. The molecule has 1 saturated heterocycles. The van der Waals surface area contributed by atoms with Crippen LogP contribution >= 0.6 is 11.3 Å². The number of benzene rings is 2. The number of likely N-dealkylation sites (N-methyl/N-ethyl adjacent to an activating group) is 1. The van der Waals surface area contributed by atoms with Crippen LogP contribution in [-0.2, 0) is 11.3 Å². The van der Waals surface area contributed by atoms with E-state index in [1.807, 2.05) is 6.20 Å². The number of nitrogens with zero attached hydrogens (tertiary/aromatic N) is 2. The van der Waals surface area contributed by atoms with Crippen LogP contribution in [0.25, 0.3) is 16.0 Å². The molecule has 31 heavy (non-hydrogen) atoms. The van der Waals surface area contributed by atoms with Crippen molar-refractivity contribution in [3.05, 3.63) is 77.3 Å². The van der Waals surface area contributed by atoms with E-state index in [4.69, 9.17) is 0 Å². The fraction of sp³-hybridized carbons (Fsp3) is 0.240. The molecule has 0 radical (unpaired) electrons. The normalized spacial score (nSPS) is 18.0. The lowest BCUT2D eigenvalue weighted by molar-refractivity contribution is -0.116. The third-order valence-corrected chi connectivity index (χ3v) is 6.92. The molecule has 1 amide bonds. The number of rotatable bonds is 4. The van der Waals surface area contributed by atoms with E-state index in [1.54, 1.807) is 11.3 Å². The minimum Gasteiger partial charge on any atom is -0.369 e. The molecule has 5 rings (SSSR count). The topological polar surface area (TPSA) is 47.6 Å². The first kappa shape index (κ1) is 19.8. The molecule has 5 nitrogen and oxygen atoms in total. The van der Waals surface area contributed by atoms with Crippen LogP contribution in [0.1, 0.15) is 11.1 Å². The number of carbonyl (C=O) groups excluding carboxylic acids is 1. The van der Waals surface area contributed by atoms with E-state index in [0.717, 1.165) is 43.0 Å². The van der Waals surface area contributed by atoms with Crippen molar-refractivity contribution in [2.24, 2.45) is 0 Å². The summed E-state index contributed by atoms with van der Waals surface area (Å²) < 4.78 is 0. The third kappa shape index (κ3) is 4.22. The van der Waals surface area contributed by atoms with Crippen LogP contribution in [0.5, 0.6) is 0 Å². The number of amides is 1. The monoisotopic (exact) mass is 430 g/mol. The van der Waals surface area contributed by atoms with Crippen molar-refractivity contribution in [2.75, 3.05) is 43.4 Å². The molecule has 0 saturated carbocycles. The van der Waals surface area contributed by atoms with Gasteiger partial charge in [-0.25, -0.2) is 0 Å². The lowest BCUT2D eigenvalue weighted by Crippen LogP contribution is -2.44. The fourth-order valence-corrected chi connectivity index (χ4v) is 4.85. The highest BCUT2D eigenvalue weighted by Crippen LogP contribution is 2.31. The standard InChI is InChI=1S/C25H26N4OS/c1-28-10-12-29(13-11-28)21-7-5-20(6-8-21)26-17-23-22-9-4-18(24-3-2-14-31-24)15-19(22)16-27-25(23)30/h2-9,14-15,17,26H,10-13,16H2,1H3,(H,27,30)/b23-17-. The van der Waals surface area contributed by atoms with Gasteiger partial charge in [0.2, 0.25) is 0 Å². The number of hydrogen-bond acceptors (Lipinski definition) is 5. The van der Waals surface area contributed by atoms with Gasteiger partial charge in [-0.2, -0.15) is 0 Å². The maximum Gasteiger partial charge on any atom is 0.253 e. The van der Waals surface area contributed by atoms with Gasteiger partial charge in [-0.3, -0.25) is 4.79 Å². The summed E-state index contributed by atoms with van der Waals surface area (Å²) in [6.45, 7) is 4.85. The van der Waals surface area contributed by atoms with E-state index in [1.165, 1.54) is 16.1 Å². The summed E-state index contributed by atoms with van der Waals surface area (Å²) in [4.78, 5) is 18.6. The van der Waals surface area contributed by atoms with Gasteiger partial charge >= 0.3 is 0 Å². The maximum atomic E-state index is 12.6. The third-order valence-electron chi connectivity index (χ3n) is 6.00. The Kier molecular flexibility index (Phi) is 5.49. The Morgan fingerprint density at radius 1 is 1.03 bits per heavy atom. The second-order valence-corrected chi connectivity index (χ2v) is 9.02. The highest BCUT2D eigenvalue weighted by atomic mass is 32.1. The van der Waals surface area contributed by atoms with E-state index in [0.29, 0.717) is 12.1 Å². The Morgan fingerprint density at radius 2 is 1.84 bits per heavy atom. The molecule has 0 unspecified atom stereocenters. The van der Waals surface area contributed by atoms with Gasteiger partial charge in [0.25, 0.3) is 5.91 Å². The van der Waals surface area contributed by atoms with Crippen LogP contribution in [0.4, 0.5) is 11.4 Å². The summed E-state index contributed by atoms with van der Waals surface area (Å²) in [6, 6.07) is 19.0. The number of piperazine rings is 1. The number of anilines is 2. The van der Waals surface area contributed by atoms with Crippen LogP contribution in [0.15, 0.2) is 66.2 Å². The molecule has 2 aromatic carbocycles. The van der Waals surface area contributed by atoms with Gasteiger partial charge in [0.1, 0.15) is 0 Å². The highest BCUT2D eigenvalue weighted by Gasteiger charge is 2.21. The van der Waals surface area contributed by atoms with Crippen LogP contribution in [0, 0.1) is 0 Å². The first-order chi connectivity index (χ1) is 15.2. The fourth-order valence-electron chi connectivity index (χ4n) is 4.12. The van der Waals surface area contributed by atoms with Crippen LogP contribution < -0.4 is 15.5 Å². The average molecular weight is 431 g/mol. The summed E-state index contributed by atoms with van der Waals surface area (Å²) in [5, 5.41) is 8.40. The van der Waals surface area contributed by atoms with Crippen LogP contribution in [0.3, 0.4) is 0 Å². The maximum absolute atomic E-state index is 12.6. The summed E-state index contributed by atoms with van der Waals surface area (Å²) >= 11 is 1.73. The number of fused-ring (bicyclic) bond motifs is 1. The van der Waals surface area contributed by atoms with Crippen molar-refractivity contribution in [3.8, 4) is 10.4 Å². The van der Waals surface area contributed by atoms with Crippen LogP contribution in [-0.4, -0.2) is 44.0 Å². The molecule has 6 heteroatoms. The van der Waals surface area contributed by atoms with Crippen molar-refractivity contribution >= 4 is 34.2 Å². The van der Waals surface area contributed by atoms with E-state index in [2.05, 4.69) is 87.5 Å². The van der Waals surface area contributed by atoms with Gasteiger partial charge in [0.15, 0.2) is 0 Å². The van der Waals surface area contributed by atoms with Crippen LogP contribution in [0.2, 0.25) is 0 Å². The summed E-state index contributed by atoms with van der Waals surface area (Å²) in [5.74, 6) is -0.0436. The first-order valence-electron chi connectivity index (χ1n) is 10.6. The smallest absolute Gasteiger partial charge is 0.253 e. The SMILES string of the molecule is CN1CCN(c2ccc(N/C=C3\C(=O)NCc4cc(-c5cccs5)ccc43)cc2)CC1. The highest BCUT2D eigenvalue weighted by molar-refractivity contribution is 7.13. The number of carbonyl (C=O) groups is 1. The van der Waals surface area contributed by atoms with Gasteiger partial charge in [0, 0.05) is 55.2 Å². The molecule has 0 aliphatic carbocycles. The lowest BCUT2D eigenvalue weighted by atomic mass is 9.94. The summed E-state index contributed by atoms with van der Waals surface area (Å²) in [5.41, 5.74) is 6.21. The summed E-state index contributed by atoms with van der Waals surface area (Å²) in [7, 11) is 2.17. The molecule has 0 bridgehead atoms. The van der Waals surface area contributed by atoms with E-state index in [9.17, 15) is 4.79 Å². The Labute approximate surface area is 187 Å². The lowest BCUT2D eigenvalue weighted by Gasteiger charge is -2.34. The van der Waals surface area contributed by atoms with Gasteiger partial charge in [-0.15, -0.1) is 11.3 Å². The minimum atomic E-state index is -0.0436. The molecule has 3 aromatic rings. The molecule has 3 heterocycles. The molecule has 158 valence electrons. The molecular weight excluding hydrogens is 404 g/mol. The Hall–Kier alpha value is -3.09. The van der Waals surface area contributed by atoms with E-state index in [-0.39, 0.29) is 5.91 Å². The predicted molar refractivity (Wildman–Crippen MR) is 129 cm³/mol. The zero-order valence-electron chi connectivity index (χ0n) is 17.6. The second kappa shape index (κ2) is 8.57. The number of hydrogen-bond donors (Lipinski definition) is 2. The Balaban J connectivity index is 1.33. The van der Waals surface area contributed by atoms with Gasteiger partial charge in [0.05, 0.1) is 5.57 Å². The minimum absolute atomic E-state index is 0.0436. The van der Waals surface area contributed by atoms with Gasteiger partial charge < -0.3 is 20.4 Å². The second-order valence-electron chi connectivity index (χ2n) is 8.07. The zero-order chi connectivity index (χ0) is 21.2. The van der Waals surface area contributed by atoms with E-state index < -0.39 is 0 Å². The predicted octanol–water partition coefficient (Wildman–Crippen LogP) is 4.25. The summed E-state index contributed by atoms with van der Waals surface area (Å²) in [6.07, 6.45) is 1.82. The largest absolute Gasteiger partial charge is 0.369 e. The van der Waals surface area contributed by atoms with Crippen molar-refractivity contribution in [1.29, 1.82) is 0 Å². The van der Waals surface area contributed by atoms with Crippen molar-refractivity contribution in [1.82, 2.24) is 10.2 Å². The van der Waals surface area contributed by atoms with Gasteiger partial charge in [-0.1, -0.05) is 18.2 Å². The first-order valence-corrected chi connectivity index (χ1v) is 11.5. The zero-order valence-corrected chi connectivity index (χ0v) is 18.4. The van der Waals surface area contributed by atoms with Crippen molar-refractivity contribution in [3.63, 3.8) is 0 Å². The molecule has 1 aromatic heterocycles. The van der Waals surface area contributed by atoms with Gasteiger partial charge in [-0.05, 0) is 65.5 Å². The average Bonchev–Trinajstić information content (AvgIpc) is 3.34. The molecule has 0 spiro atoms. The Morgan fingerprint density at radius 3 is 2.58 bits per heavy atom. The van der Waals surface area contributed by atoms with Crippen molar-refractivity contribution < 1.29 is 4.79 Å². The molecule has 1 fully saturated rings. The van der Waals surface area contributed by atoms with Crippen molar-refractivity contribution in [2.45, 2.75) is 6.54 Å². The molecule has 0 atom stereocenters. The quantitative estimate of drug-likeness (QED) is 0.608. The molecular formula is C25H26N4OS. The molecule has 2 aliphatic rings. The molecule has 2 aliphatic heterocycles.